The van der Waals surface area contributed by atoms with Crippen molar-refractivity contribution >= 4 is 17.7 Å². The predicted octanol–water partition coefficient (Wildman–Crippen LogP) is 3.99. The number of benzene rings is 2. The first-order valence-electron chi connectivity index (χ1n) is 5.67. The summed E-state index contributed by atoms with van der Waals surface area (Å²) in [7, 11) is 0. The molecule has 0 radical (unpaired) electrons. The predicted molar refractivity (Wildman–Crippen MR) is 74.1 cm³/mol. The Kier molecular flexibility index (Phi) is 4.05. The fourth-order valence-corrected chi connectivity index (χ4v) is 2.65. The van der Waals surface area contributed by atoms with Gasteiger partial charge in [0.25, 0.3) is 0 Å². The summed E-state index contributed by atoms with van der Waals surface area (Å²) >= 11 is 1.73. The van der Waals surface area contributed by atoms with Crippen LogP contribution < -0.4 is 0 Å². The molecule has 1 N–H and O–H groups in total. The maximum absolute atomic E-state index is 10.9. The summed E-state index contributed by atoms with van der Waals surface area (Å²) in [6.07, 6.45) is 0. The van der Waals surface area contributed by atoms with E-state index in [1.807, 2.05) is 18.2 Å². The maximum atomic E-state index is 10.9. The number of rotatable bonds is 4. The molecular weight excluding hydrogens is 244 g/mol. The van der Waals surface area contributed by atoms with Crippen LogP contribution in [0.1, 0.15) is 21.5 Å². The second-order valence-corrected chi connectivity index (χ2v) is 5.08. The zero-order chi connectivity index (χ0) is 13.0. The molecule has 0 aromatic heterocycles. The van der Waals surface area contributed by atoms with Gasteiger partial charge in [-0.15, -0.1) is 11.8 Å². The van der Waals surface area contributed by atoms with E-state index < -0.39 is 5.97 Å². The molecule has 0 amide bonds. The van der Waals surface area contributed by atoms with Gasteiger partial charge in [-0.2, -0.15) is 0 Å². The Bertz CT molecular complexity index is 564. The van der Waals surface area contributed by atoms with E-state index in [0.717, 1.165) is 11.3 Å². The molecule has 0 heterocycles. The van der Waals surface area contributed by atoms with Gasteiger partial charge in [0.2, 0.25) is 0 Å². The van der Waals surface area contributed by atoms with Crippen LogP contribution in [0.15, 0.2) is 53.4 Å². The average molecular weight is 258 g/mol. The fraction of sp³-hybridized carbons (Fsp3) is 0.133. The van der Waals surface area contributed by atoms with E-state index in [2.05, 4.69) is 19.1 Å². The van der Waals surface area contributed by atoms with Gasteiger partial charge in [-0.05, 0) is 36.2 Å². The molecule has 2 rings (SSSR count). The van der Waals surface area contributed by atoms with Gasteiger partial charge in [-0.1, -0.05) is 30.3 Å². The van der Waals surface area contributed by atoms with Crippen molar-refractivity contribution in [1.29, 1.82) is 0 Å². The molecule has 0 saturated heterocycles. The zero-order valence-electron chi connectivity index (χ0n) is 10.1. The van der Waals surface area contributed by atoms with E-state index in [1.54, 1.807) is 30.0 Å². The van der Waals surface area contributed by atoms with Gasteiger partial charge in [0.05, 0.1) is 5.56 Å². The molecule has 0 fully saturated rings. The third-order valence-electron chi connectivity index (χ3n) is 2.66. The lowest BCUT2D eigenvalue weighted by atomic mass is 10.1. The molecule has 0 aliphatic carbocycles. The van der Waals surface area contributed by atoms with Crippen molar-refractivity contribution in [3.05, 3.63) is 65.2 Å². The van der Waals surface area contributed by atoms with Crippen molar-refractivity contribution in [3.8, 4) is 0 Å². The standard InChI is InChI=1S/C15H14O2S/c1-11-5-2-3-8-14(11)18-10-12-6-4-7-13(9-12)15(16)17/h2-9H,10H2,1H3,(H,16,17). The summed E-state index contributed by atoms with van der Waals surface area (Å²) in [5, 5.41) is 8.93. The molecule has 92 valence electrons. The van der Waals surface area contributed by atoms with Crippen LogP contribution in [0.25, 0.3) is 0 Å². The molecule has 0 aliphatic heterocycles. The van der Waals surface area contributed by atoms with Crippen molar-refractivity contribution < 1.29 is 9.90 Å². The topological polar surface area (TPSA) is 37.3 Å². The van der Waals surface area contributed by atoms with Crippen molar-refractivity contribution in [2.45, 2.75) is 17.6 Å². The Hall–Kier alpha value is -1.74. The van der Waals surface area contributed by atoms with Gasteiger partial charge in [0, 0.05) is 10.6 Å². The number of carbonyl (C=O) groups is 1. The van der Waals surface area contributed by atoms with Crippen LogP contribution >= 0.6 is 11.8 Å². The van der Waals surface area contributed by atoms with Crippen molar-refractivity contribution in [3.63, 3.8) is 0 Å². The van der Waals surface area contributed by atoms with E-state index >= 15 is 0 Å². The van der Waals surface area contributed by atoms with Gasteiger partial charge in [0.1, 0.15) is 0 Å². The number of thioether (sulfide) groups is 1. The monoisotopic (exact) mass is 258 g/mol. The lowest BCUT2D eigenvalue weighted by Gasteiger charge is -2.05. The Morgan fingerprint density at radius 1 is 1.17 bits per heavy atom. The summed E-state index contributed by atoms with van der Waals surface area (Å²) in [4.78, 5) is 12.1. The van der Waals surface area contributed by atoms with Gasteiger partial charge in [-0.3, -0.25) is 0 Å². The normalized spacial score (nSPS) is 10.3. The Morgan fingerprint density at radius 2 is 1.94 bits per heavy atom. The molecule has 0 unspecified atom stereocenters. The Labute approximate surface area is 111 Å². The van der Waals surface area contributed by atoms with E-state index in [-0.39, 0.29) is 0 Å². The minimum Gasteiger partial charge on any atom is -0.478 e. The second-order valence-electron chi connectivity index (χ2n) is 4.06. The number of carboxylic acid groups (broad SMARTS) is 1. The molecule has 18 heavy (non-hydrogen) atoms. The molecule has 0 spiro atoms. The van der Waals surface area contributed by atoms with Crippen LogP contribution in [0.4, 0.5) is 0 Å². The molecule has 0 saturated carbocycles. The third kappa shape index (κ3) is 3.14. The van der Waals surface area contributed by atoms with Gasteiger partial charge in [0.15, 0.2) is 0 Å². The van der Waals surface area contributed by atoms with Crippen LogP contribution in [0.2, 0.25) is 0 Å². The Balaban J connectivity index is 2.09. The molecule has 3 heteroatoms. The van der Waals surface area contributed by atoms with Crippen LogP contribution in [-0.4, -0.2) is 11.1 Å². The summed E-state index contributed by atoms with van der Waals surface area (Å²) in [5.41, 5.74) is 2.62. The van der Waals surface area contributed by atoms with Crippen LogP contribution in [-0.2, 0) is 5.75 Å². The quantitative estimate of drug-likeness (QED) is 0.843. The molecular formula is C15H14O2S. The van der Waals surface area contributed by atoms with E-state index in [1.165, 1.54) is 10.5 Å². The van der Waals surface area contributed by atoms with Gasteiger partial charge in [-0.25, -0.2) is 4.79 Å². The molecule has 0 atom stereocenters. The second kappa shape index (κ2) is 5.74. The maximum Gasteiger partial charge on any atom is 0.335 e. The highest BCUT2D eigenvalue weighted by Crippen LogP contribution is 2.25. The van der Waals surface area contributed by atoms with Crippen LogP contribution in [0.3, 0.4) is 0 Å². The van der Waals surface area contributed by atoms with Crippen molar-refractivity contribution in [2.24, 2.45) is 0 Å². The number of aromatic carboxylic acids is 1. The largest absolute Gasteiger partial charge is 0.478 e. The lowest BCUT2D eigenvalue weighted by Crippen LogP contribution is -1.96. The fourth-order valence-electron chi connectivity index (χ4n) is 1.67. The van der Waals surface area contributed by atoms with Crippen LogP contribution in [0, 0.1) is 6.92 Å². The lowest BCUT2D eigenvalue weighted by molar-refractivity contribution is 0.0697. The summed E-state index contributed by atoms with van der Waals surface area (Å²) in [6, 6.07) is 15.3. The highest BCUT2D eigenvalue weighted by Gasteiger charge is 2.04. The Morgan fingerprint density at radius 3 is 2.67 bits per heavy atom. The zero-order valence-corrected chi connectivity index (χ0v) is 10.9. The molecule has 0 bridgehead atoms. The first kappa shape index (κ1) is 12.7. The highest BCUT2D eigenvalue weighted by atomic mass is 32.2. The highest BCUT2D eigenvalue weighted by molar-refractivity contribution is 7.98. The van der Waals surface area contributed by atoms with E-state index in [4.69, 9.17) is 5.11 Å². The van der Waals surface area contributed by atoms with Crippen LogP contribution in [0.5, 0.6) is 0 Å². The SMILES string of the molecule is Cc1ccccc1SCc1cccc(C(=O)O)c1. The van der Waals surface area contributed by atoms with Gasteiger partial charge >= 0.3 is 5.97 Å². The molecule has 2 aromatic rings. The first-order chi connectivity index (χ1) is 8.66. The first-order valence-corrected chi connectivity index (χ1v) is 6.66. The minimum absolute atomic E-state index is 0.345. The molecule has 2 aromatic carbocycles. The minimum atomic E-state index is -0.877. The molecule has 2 nitrogen and oxygen atoms in total. The van der Waals surface area contributed by atoms with Crippen molar-refractivity contribution in [2.75, 3.05) is 0 Å². The number of hydrogen-bond acceptors (Lipinski definition) is 2. The number of aryl methyl sites for hydroxylation is 1. The number of carboxylic acids is 1. The number of hydrogen-bond donors (Lipinski definition) is 1. The summed E-state index contributed by atoms with van der Waals surface area (Å²) < 4.78 is 0. The van der Waals surface area contributed by atoms with Gasteiger partial charge < -0.3 is 5.11 Å². The third-order valence-corrected chi connectivity index (χ3v) is 3.91. The average Bonchev–Trinajstić information content (AvgIpc) is 2.38. The van der Waals surface area contributed by atoms with E-state index in [0.29, 0.717) is 5.56 Å². The summed E-state index contributed by atoms with van der Waals surface area (Å²) in [5.74, 6) is -0.0934. The van der Waals surface area contributed by atoms with Crippen molar-refractivity contribution in [1.82, 2.24) is 0 Å². The summed E-state index contributed by atoms with van der Waals surface area (Å²) in [6.45, 7) is 2.08. The smallest absolute Gasteiger partial charge is 0.335 e. The molecule has 0 aliphatic rings. The van der Waals surface area contributed by atoms with E-state index in [9.17, 15) is 4.79 Å².